The molecule has 0 saturated heterocycles. The molecule has 0 amide bonds. The van der Waals surface area contributed by atoms with Crippen LogP contribution in [-0.2, 0) is 24.2 Å². The molecule has 5 nitrogen and oxygen atoms in total. The van der Waals surface area contributed by atoms with Crippen LogP contribution in [0.2, 0.25) is 0 Å². The number of Topliss-reactive ketones (excluding diaryl/α,β-unsaturated/α-hetero) is 1. The first-order valence-electron chi connectivity index (χ1n) is 6.07. The maximum Gasteiger partial charge on any atom is 0.140 e. The Morgan fingerprint density at radius 1 is 1.33 bits per heavy atom. The van der Waals surface area contributed by atoms with Gasteiger partial charge in [0.15, 0.2) is 0 Å². The second kappa shape index (κ2) is 6.05. The summed E-state index contributed by atoms with van der Waals surface area (Å²) in [5.41, 5.74) is 1.13. The van der Waals surface area contributed by atoms with E-state index in [4.69, 9.17) is 0 Å². The summed E-state index contributed by atoms with van der Waals surface area (Å²) in [5, 5.41) is 4.05. The van der Waals surface area contributed by atoms with Crippen LogP contribution in [0.1, 0.15) is 24.7 Å². The topological polar surface area (TPSA) is 60.7 Å². The molecule has 5 heteroatoms. The number of carbonyl (C=O) groups is 1. The van der Waals surface area contributed by atoms with Crippen LogP contribution in [0, 0.1) is 0 Å². The molecule has 0 atom stereocenters. The van der Waals surface area contributed by atoms with Gasteiger partial charge in [0.25, 0.3) is 0 Å². The molecule has 0 aromatic carbocycles. The fraction of sp³-hybridized carbons (Fsp3) is 0.385. The zero-order valence-electron chi connectivity index (χ0n) is 10.4. The minimum atomic E-state index is 0.189. The van der Waals surface area contributed by atoms with Crippen LogP contribution in [0.15, 0.2) is 30.9 Å². The molecule has 0 aliphatic heterocycles. The van der Waals surface area contributed by atoms with Crippen LogP contribution in [0.25, 0.3) is 0 Å². The summed E-state index contributed by atoms with van der Waals surface area (Å²) >= 11 is 0. The Hall–Kier alpha value is -2.04. The van der Waals surface area contributed by atoms with Crippen molar-refractivity contribution >= 4 is 5.78 Å². The number of aryl methyl sites for hydroxylation is 2. The number of rotatable bonds is 6. The van der Waals surface area contributed by atoms with Crippen LogP contribution in [0.4, 0.5) is 0 Å². The van der Waals surface area contributed by atoms with Crippen LogP contribution >= 0.6 is 0 Å². The minimum Gasteiger partial charge on any atom is -0.299 e. The molecule has 0 fully saturated rings. The summed E-state index contributed by atoms with van der Waals surface area (Å²) in [7, 11) is 0. The summed E-state index contributed by atoms with van der Waals surface area (Å²) < 4.78 is 1.75. The standard InChI is InChI=1S/C13H16N4O/c1-2-17-13(15-10-16-17)9-12(18)4-3-11-5-7-14-8-6-11/h5-8,10H,2-4,9H2,1H3. The molecule has 0 aliphatic rings. The lowest BCUT2D eigenvalue weighted by atomic mass is 10.1. The van der Waals surface area contributed by atoms with E-state index in [1.54, 1.807) is 17.1 Å². The lowest BCUT2D eigenvalue weighted by Crippen LogP contribution is -2.11. The zero-order chi connectivity index (χ0) is 12.8. The first-order chi connectivity index (χ1) is 8.79. The van der Waals surface area contributed by atoms with Gasteiger partial charge in [0.1, 0.15) is 17.9 Å². The third-order valence-electron chi connectivity index (χ3n) is 2.79. The van der Waals surface area contributed by atoms with E-state index in [9.17, 15) is 4.79 Å². The quantitative estimate of drug-likeness (QED) is 0.771. The van der Waals surface area contributed by atoms with Crippen molar-refractivity contribution in [2.45, 2.75) is 32.7 Å². The van der Waals surface area contributed by atoms with Crippen LogP contribution in [-0.4, -0.2) is 25.5 Å². The van der Waals surface area contributed by atoms with Crippen molar-refractivity contribution in [3.05, 3.63) is 42.2 Å². The van der Waals surface area contributed by atoms with Crippen LogP contribution in [0.5, 0.6) is 0 Å². The van der Waals surface area contributed by atoms with Gasteiger partial charge in [-0.15, -0.1) is 0 Å². The van der Waals surface area contributed by atoms with Crippen LogP contribution in [0.3, 0.4) is 0 Å². The maximum atomic E-state index is 11.9. The molecule has 94 valence electrons. The number of hydrogen-bond donors (Lipinski definition) is 0. The second-order valence-corrected chi connectivity index (χ2v) is 4.06. The van der Waals surface area contributed by atoms with E-state index in [1.165, 1.54) is 6.33 Å². The van der Waals surface area contributed by atoms with Gasteiger partial charge < -0.3 is 0 Å². The molecule has 2 aromatic rings. The van der Waals surface area contributed by atoms with Gasteiger partial charge in [0.05, 0.1) is 6.42 Å². The predicted molar refractivity (Wildman–Crippen MR) is 67.0 cm³/mol. The van der Waals surface area contributed by atoms with Gasteiger partial charge in [-0.25, -0.2) is 9.67 Å². The van der Waals surface area contributed by atoms with Gasteiger partial charge >= 0.3 is 0 Å². The number of nitrogens with zero attached hydrogens (tertiary/aromatic N) is 4. The Bertz CT molecular complexity index is 507. The highest BCUT2D eigenvalue weighted by molar-refractivity contribution is 5.80. The van der Waals surface area contributed by atoms with E-state index in [-0.39, 0.29) is 5.78 Å². The first kappa shape index (κ1) is 12.4. The minimum absolute atomic E-state index is 0.189. The fourth-order valence-electron chi connectivity index (χ4n) is 1.79. The van der Waals surface area contributed by atoms with Crippen molar-refractivity contribution in [2.24, 2.45) is 0 Å². The summed E-state index contributed by atoms with van der Waals surface area (Å²) in [6, 6.07) is 3.86. The third-order valence-corrected chi connectivity index (χ3v) is 2.79. The molecule has 2 rings (SSSR count). The SMILES string of the molecule is CCn1ncnc1CC(=O)CCc1ccncc1. The molecular weight excluding hydrogens is 228 g/mol. The first-order valence-corrected chi connectivity index (χ1v) is 6.07. The van der Waals surface area contributed by atoms with E-state index in [0.29, 0.717) is 12.8 Å². The van der Waals surface area contributed by atoms with E-state index in [2.05, 4.69) is 15.1 Å². The molecule has 0 radical (unpaired) electrons. The van der Waals surface area contributed by atoms with Gasteiger partial charge in [0.2, 0.25) is 0 Å². The summed E-state index contributed by atoms with van der Waals surface area (Å²) in [6.45, 7) is 2.73. The van der Waals surface area contributed by atoms with Crippen LogP contribution < -0.4 is 0 Å². The summed E-state index contributed by atoms with van der Waals surface area (Å²) in [4.78, 5) is 19.9. The summed E-state index contributed by atoms with van der Waals surface area (Å²) in [5.74, 6) is 0.937. The van der Waals surface area contributed by atoms with E-state index >= 15 is 0 Å². The van der Waals surface area contributed by atoms with Crippen molar-refractivity contribution in [1.82, 2.24) is 19.7 Å². The van der Waals surface area contributed by atoms with Crippen molar-refractivity contribution in [1.29, 1.82) is 0 Å². The number of pyridine rings is 1. The summed E-state index contributed by atoms with van der Waals surface area (Å²) in [6.07, 6.45) is 6.62. The van der Waals surface area contributed by atoms with Gasteiger partial charge in [-0.1, -0.05) is 0 Å². The molecule has 2 heterocycles. The highest BCUT2D eigenvalue weighted by atomic mass is 16.1. The van der Waals surface area contributed by atoms with Crippen molar-refractivity contribution in [2.75, 3.05) is 0 Å². The number of hydrogen-bond acceptors (Lipinski definition) is 4. The maximum absolute atomic E-state index is 11.9. The molecular formula is C13H16N4O. The van der Waals surface area contributed by atoms with Gasteiger partial charge in [-0.05, 0) is 31.0 Å². The van der Waals surface area contributed by atoms with Crippen molar-refractivity contribution < 1.29 is 4.79 Å². The number of carbonyl (C=O) groups excluding carboxylic acids is 1. The molecule has 0 bridgehead atoms. The Morgan fingerprint density at radius 3 is 2.83 bits per heavy atom. The number of ketones is 1. The van der Waals surface area contributed by atoms with Crippen molar-refractivity contribution in [3.8, 4) is 0 Å². The number of aromatic nitrogens is 4. The predicted octanol–water partition coefficient (Wildman–Crippen LogP) is 1.44. The molecule has 0 aliphatic carbocycles. The van der Waals surface area contributed by atoms with E-state index in [1.807, 2.05) is 19.1 Å². The normalized spacial score (nSPS) is 10.5. The lowest BCUT2D eigenvalue weighted by Gasteiger charge is -2.03. The lowest BCUT2D eigenvalue weighted by molar-refractivity contribution is -0.118. The Morgan fingerprint density at radius 2 is 2.11 bits per heavy atom. The van der Waals surface area contributed by atoms with Gasteiger partial charge in [-0.3, -0.25) is 9.78 Å². The van der Waals surface area contributed by atoms with E-state index in [0.717, 1.165) is 24.4 Å². The highest BCUT2D eigenvalue weighted by Gasteiger charge is 2.09. The average Bonchev–Trinajstić information content (AvgIpc) is 2.85. The Balaban J connectivity index is 1.86. The monoisotopic (exact) mass is 244 g/mol. The largest absolute Gasteiger partial charge is 0.299 e. The smallest absolute Gasteiger partial charge is 0.140 e. The Labute approximate surface area is 106 Å². The van der Waals surface area contributed by atoms with E-state index < -0.39 is 0 Å². The average molecular weight is 244 g/mol. The highest BCUT2D eigenvalue weighted by Crippen LogP contribution is 2.04. The van der Waals surface area contributed by atoms with Gasteiger partial charge in [0, 0.05) is 25.4 Å². The Kier molecular flexibility index (Phi) is 4.17. The third kappa shape index (κ3) is 3.23. The zero-order valence-corrected chi connectivity index (χ0v) is 10.4. The molecule has 0 N–H and O–H groups in total. The van der Waals surface area contributed by atoms with Gasteiger partial charge in [-0.2, -0.15) is 5.10 Å². The molecule has 2 aromatic heterocycles. The molecule has 0 unspecified atom stereocenters. The van der Waals surface area contributed by atoms with Crippen molar-refractivity contribution in [3.63, 3.8) is 0 Å². The molecule has 0 spiro atoms. The second-order valence-electron chi connectivity index (χ2n) is 4.06. The fourth-order valence-corrected chi connectivity index (χ4v) is 1.79. The molecule has 0 saturated carbocycles. The molecule has 18 heavy (non-hydrogen) atoms.